The Hall–Kier alpha value is -1.91. The number of nitrogens with zero attached hydrogens (tertiary/aromatic N) is 3. The van der Waals surface area contributed by atoms with Gasteiger partial charge in [-0.25, -0.2) is 9.97 Å². The lowest BCUT2D eigenvalue weighted by atomic mass is 10.4. The number of hydrogen-bond donors (Lipinski definition) is 0. The Morgan fingerprint density at radius 3 is 3.12 bits per heavy atom. The van der Waals surface area contributed by atoms with Gasteiger partial charge in [0.05, 0.1) is 6.61 Å². The molecule has 0 aliphatic heterocycles. The Balaban J connectivity index is 2.30. The lowest BCUT2D eigenvalue weighted by Crippen LogP contribution is -2.13. The molecule has 5 heteroatoms. The van der Waals surface area contributed by atoms with E-state index in [1.54, 1.807) is 17.7 Å². The van der Waals surface area contributed by atoms with Crippen LogP contribution in [0.15, 0.2) is 18.5 Å². The molecule has 2 aromatic rings. The SMILES string of the molecule is CCOC(=O)Cn1ccc2cnc(C)nc21. The molecule has 0 amide bonds. The van der Waals surface area contributed by atoms with Gasteiger partial charge >= 0.3 is 5.97 Å². The third-order valence-corrected chi connectivity index (χ3v) is 2.23. The van der Waals surface area contributed by atoms with Crippen LogP contribution in [0.5, 0.6) is 0 Å². The van der Waals surface area contributed by atoms with Crippen molar-refractivity contribution in [1.82, 2.24) is 14.5 Å². The Morgan fingerprint density at radius 2 is 2.38 bits per heavy atom. The van der Waals surface area contributed by atoms with E-state index < -0.39 is 0 Å². The van der Waals surface area contributed by atoms with Gasteiger partial charge in [0.25, 0.3) is 0 Å². The van der Waals surface area contributed by atoms with Crippen LogP contribution in [0.1, 0.15) is 12.7 Å². The lowest BCUT2D eigenvalue weighted by Gasteiger charge is -2.04. The molecule has 16 heavy (non-hydrogen) atoms. The van der Waals surface area contributed by atoms with E-state index in [4.69, 9.17) is 4.74 Å². The van der Waals surface area contributed by atoms with E-state index in [2.05, 4.69) is 9.97 Å². The third-order valence-electron chi connectivity index (χ3n) is 2.23. The number of rotatable bonds is 3. The molecule has 0 saturated carbocycles. The lowest BCUT2D eigenvalue weighted by molar-refractivity contribution is -0.143. The van der Waals surface area contributed by atoms with Crippen LogP contribution in [0, 0.1) is 6.92 Å². The summed E-state index contributed by atoms with van der Waals surface area (Å²) in [5.74, 6) is 0.438. The van der Waals surface area contributed by atoms with Gasteiger partial charge in [-0.3, -0.25) is 4.79 Å². The van der Waals surface area contributed by atoms with E-state index in [1.165, 1.54) is 0 Å². The summed E-state index contributed by atoms with van der Waals surface area (Å²) in [4.78, 5) is 19.7. The molecule has 0 spiro atoms. The second kappa shape index (κ2) is 4.30. The number of ether oxygens (including phenoxy) is 1. The average molecular weight is 219 g/mol. The van der Waals surface area contributed by atoms with Crippen LogP contribution < -0.4 is 0 Å². The van der Waals surface area contributed by atoms with Crippen molar-refractivity contribution in [1.29, 1.82) is 0 Å². The van der Waals surface area contributed by atoms with Gasteiger partial charge in [0, 0.05) is 17.8 Å². The highest BCUT2D eigenvalue weighted by Gasteiger charge is 2.08. The molecule has 2 heterocycles. The van der Waals surface area contributed by atoms with E-state index in [9.17, 15) is 4.79 Å². The predicted molar refractivity (Wildman–Crippen MR) is 58.9 cm³/mol. The van der Waals surface area contributed by atoms with Crippen molar-refractivity contribution in [2.24, 2.45) is 0 Å². The van der Waals surface area contributed by atoms with Crippen LogP contribution in [0.4, 0.5) is 0 Å². The summed E-state index contributed by atoms with van der Waals surface area (Å²) in [7, 11) is 0. The van der Waals surface area contributed by atoms with Crippen LogP contribution in [-0.4, -0.2) is 27.1 Å². The first-order valence-corrected chi connectivity index (χ1v) is 5.15. The maximum atomic E-state index is 11.4. The van der Waals surface area contributed by atoms with Crippen molar-refractivity contribution in [3.8, 4) is 0 Å². The van der Waals surface area contributed by atoms with E-state index in [1.807, 2.05) is 19.2 Å². The summed E-state index contributed by atoms with van der Waals surface area (Å²) in [5.41, 5.74) is 0.764. The van der Waals surface area contributed by atoms with Crippen LogP contribution in [0.3, 0.4) is 0 Å². The van der Waals surface area contributed by atoms with Crippen molar-refractivity contribution in [2.45, 2.75) is 20.4 Å². The third kappa shape index (κ3) is 2.03. The van der Waals surface area contributed by atoms with Crippen molar-refractivity contribution < 1.29 is 9.53 Å². The van der Waals surface area contributed by atoms with Crippen LogP contribution in [0.25, 0.3) is 11.0 Å². The smallest absolute Gasteiger partial charge is 0.325 e. The number of hydrogen-bond acceptors (Lipinski definition) is 4. The highest BCUT2D eigenvalue weighted by Crippen LogP contribution is 2.12. The quantitative estimate of drug-likeness (QED) is 0.730. The minimum Gasteiger partial charge on any atom is -0.465 e. The van der Waals surface area contributed by atoms with E-state index in [-0.39, 0.29) is 12.5 Å². The second-order valence-corrected chi connectivity index (χ2v) is 3.44. The fraction of sp³-hybridized carbons (Fsp3) is 0.364. The molecule has 0 bridgehead atoms. The van der Waals surface area contributed by atoms with Crippen molar-refractivity contribution in [3.63, 3.8) is 0 Å². The first-order valence-electron chi connectivity index (χ1n) is 5.15. The summed E-state index contributed by atoms with van der Waals surface area (Å²) >= 11 is 0. The molecule has 0 aliphatic carbocycles. The molecule has 0 unspecified atom stereocenters. The zero-order chi connectivity index (χ0) is 11.5. The summed E-state index contributed by atoms with van der Waals surface area (Å²) in [5, 5.41) is 0.926. The molecule has 0 N–H and O–H groups in total. The molecule has 84 valence electrons. The molecular formula is C11H13N3O2. The number of esters is 1. The van der Waals surface area contributed by atoms with Gasteiger partial charge in [-0.1, -0.05) is 0 Å². The topological polar surface area (TPSA) is 57.0 Å². The molecule has 2 aromatic heterocycles. The number of carbonyl (C=O) groups is 1. The van der Waals surface area contributed by atoms with Gasteiger partial charge in [0.15, 0.2) is 0 Å². The Kier molecular flexibility index (Phi) is 2.85. The fourth-order valence-corrected chi connectivity index (χ4v) is 1.53. The van der Waals surface area contributed by atoms with Gasteiger partial charge < -0.3 is 9.30 Å². The minimum absolute atomic E-state index is 0.188. The number of fused-ring (bicyclic) bond motifs is 1. The molecule has 0 aromatic carbocycles. The maximum absolute atomic E-state index is 11.4. The average Bonchev–Trinajstić information content (AvgIpc) is 2.61. The van der Waals surface area contributed by atoms with Crippen LogP contribution in [-0.2, 0) is 16.1 Å². The molecule has 0 atom stereocenters. The van der Waals surface area contributed by atoms with Crippen molar-refractivity contribution >= 4 is 17.0 Å². The van der Waals surface area contributed by atoms with Gasteiger partial charge in [-0.15, -0.1) is 0 Å². The molecular weight excluding hydrogens is 206 g/mol. The summed E-state index contributed by atoms with van der Waals surface area (Å²) in [6, 6.07) is 1.88. The fourth-order valence-electron chi connectivity index (χ4n) is 1.53. The van der Waals surface area contributed by atoms with E-state index in [0.29, 0.717) is 12.4 Å². The predicted octanol–water partition coefficient (Wildman–Crippen LogP) is 1.30. The molecule has 0 saturated heterocycles. The number of aromatic nitrogens is 3. The van der Waals surface area contributed by atoms with E-state index in [0.717, 1.165) is 11.0 Å². The van der Waals surface area contributed by atoms with Crippen molar-refractivity contribution in [2.75, 3.05) is 6.61 Å². The minimum atomic E-state index is -0.253. The van der Waals surface area contributed by atoms with Crippen LogP contribution >= 0.6 is 0 Å². The molecule has 0 fully saturated rings. The summed E-state index contributed by atoms with van der Waals surface area (Å²) in [6.07, 6.45) is 3.56. The largest absolute Gasteiger partial charge is 0.465 e. The normalized spacial score (nSPS) is 10.6. The molecule has 5 nitrogen and oxygen atoms in total. The highest BCUT2D eigenvalue weighted by atomic mass is 16.5. The second-order valence-electron chi connectivity index (χ2n) is 3.44. The van der Waals surface area contributed by atoms with Crippen LogP contribution in [0.2, 0.25) is 0 Å². The highest BCUT2D eigenvalue weighted by molar-refractivity contribution is 5.78. The Labute approximate surface area is 93.1 Å². The number of carbonyl (C=O) groups excluding carboxylic acids is 1. The standard InChI is InChI=1S/C11H13N3O2/c1-3-16-10(15)7-14-5-4-9-6-12-8(2)13-11(9)14/h4-6H,3,7H2,1-2H3. The Bertz CT molecular complexity index is 519. The number of aryl methyl sites for hydroxylation is 1. The van der Waals surface area contributed by atoms with Gasteiger partial charge in [-0.05, 0) is 19.9 Å². The zero-order valence-electron chi connectivity index (χ0n) is 9.30. The maximum Gasteiger partial charge on any atom is 0.325 e. The molecule has 2 rings (SSSR count). The van der Waals surface area contributed by atoms with Crippen molar-refractivity contribution in [3.05, 3.63) is 24.3 Å². The van der Waals surface area contributed by atoms with Gasteiger partial charge in [-0.2, -0.15) is 0 Å². The van der Waals surface area contributed by atoms with E-state index >= 15 is 0 Å². The zero-order valence-corrected chi connectivity index (χ0v) is 9.30. The van der Waals surface area contributed by atoms with Gasteiger partial charge in [0.1, 0.15) is 18.0 Å². The summed E-state index contributed by atoms with van der Waals surface area (Å²) < 4.78 is 6.66. The first kappa shape index (κ1) is 10.6. The van der Waals surface area contributed by atoms with Gasteiger partial charge in [0.2, 0.25) is 0 Å². The molecule has 0 aliphatic rings. The Morgan fingerprint density at radius 1 is 1.56 bits per heavy atom. The first-order chi connectivity index (χ1) is 7.70. The summed E-state index contributed by atoms with van der Waals surface area (Å²) in [6.45, 7) is 4.19. The monoisotopic (exact) mass is 219 g/mol. The molecule has 0 radical (unpaired) electrons.